The van der Waals surface area contributed by atoms with E-state index in [4.69, 9.17) is 16.6 Å². The van der Waals surface area contributed by atoms with Crippen molar-refractivity contribution in [3.63, 3.8) is 0 Å². The molecule has 33 heavy (non-hydrogen) atoms. The van der Waals surface area contributed by atoms with E-state index in [2.05, 4.69) is 4.40 Å². The van der Waals surface area contributed by atoms with Crippen molar-refractivity contribution in [2.45, 2.75) is 25.7 Å². The predicted molar refractivity (Wildman–Crippen MR) is 133 cm³/mol. The van der Waals surface area contributed by atoms with Crippen LogP contribution in [0.1, 0.15) is 34.0 Å². The molecular formula is C25H22ClN3O3S. The number of likely N-dealkylation sites (N-methyl/N-ethyl adjacent to an activating group) is 1. The van der Waals surface area contributed by atoms with Gasteiger partial charge in [-0.3, -0.25) is 4.79 Å². The number of amidine groups is 1. The van der Waals surface area contributed by atoms with Gasteiger partial charge in [0.1, 0.15) is 5.71 Å². The summed E-state index contributed by atoms with van der Waals surface area (Å²) in [5.74, 6) is 0.00181. The topological polar surface area (TPSA) is 79.2 Å². The largest absolute Gasteiger partial charge is 0.326 e. The number of para-hydroxylation sites is 1. The Kier molecular flexibility index (Phi) is 5.95. The van der Waals surface area contributed by atoms with Crippen LogP contribution in [0.4, 0.5) is 11.4 Å². The number of aliphatic imine (C=N–C) groups is 1. The lowest BCUT2D eigenvalue weighted by Crippen LogP contribution is -2.28. The zero-order valence-corrected chi connectivity index (χ0v) is 20.2. The van der Waals surface area contributed by atoms with Gasteiger partial charge < -0.3 is 4.90 Å². The highest BCUT2D eigenvalue weighted by Crippen LogP contribution is 2.35. The standard InChI is InChI=1S/C25H22ClN3O3S/c1-15-8-11-19(12-9-15)33(31,32)28-25-23(21-7-5-6-16(2)24(21)29(25)4)27-22-14-18(26)10-13-20(22)17(3)30/h5-14H,1-4H3/b27-23-,28-25-. The molecule has 0 unspecified atom stereocenters. The van der Waals surface area contributed by atoms with E-state index in [9.17, 15) is 13.2 Å². The van der Waals surface area contributed by atoms with E-state index in [0.717, 1.165) is 22.4 Å². The number of ketones is 1. The Morgan fingerprint density at radius 3 is 2.36 bits per heavy atom. The van der Waals surface area contributed by atoms with Crippen molar-refractivity contribution in [1.82, 2.24) is 0 Å². The minimum Gasteiger partial charge on any atom is -0.326 e. The number of hydrogen-bond acceptors (Lipinski definition) is 4. The Bertz CT molecular complexity index is 1440. The molecule has 0 aliphatic carbocycles. The number of benzene rings is 3. The molecule has 3 aromatic rings. The summed E-state index contributed by atoms with van der Waals surface area (Å²) in [5, 5.41) is 0.418. The predicted octanol–water partition coefficient (Wildman–Crippen LogP) is 5.52. The number of hydrogen-bond donors (Lipinski definition) is 0. The molecule has 1 aliphatic heterocycles. The van der Waals surface area contributed by atoms with Gasteiger partial charge in [0.2, 0.25) is 0 Å². The molecule has 0 aromatic heterocycles. The normalized spacial score (nSPS) is 15.8. The maximum absolute atomic E-state index is 13.2. The van der Waals surface area contributed by atoms with Crippen molar-refractivity contribution in [3.8, 4) is 0 Å². The number of fused-ring (bicyclic) bond motifs is 1. The fourth-order valence-corrected chi connectivity index (χ4v) is 4.98. The zero-order chi connectivity index (χ0) is 23.9. The summed E-state index contributed by atoms with van der Waals surface area (Å²) in [6.07, 6.45) is 0. The molecular weight excluding hydrogens is 458 g/mol. The summed E-state index contributed by atoms with van der Waals surface area (Å²) < 4.78 is 30.5. The second-order valence-electron chi connectivity index (χ2n) is 7.91. The number of carbonyl (C=O) groups excluding carboxylic acids is 1. The van der Waals surface area contributed by atoms with Gasteiger partial charge >= 0.3 is 0 Å². The number of nitrogens with zero attached hydrogens (tertiary/aromatic N) is 3. The number of carbonyl (C=O) groups is 1. The number of sulfonamides is 1. The van der Waals surface area contributed by atoms with Crippen LogP contribution in [0.15, 0.2) is 74.9 Å². The second-order valence-corrected chi connectivity index (χ2v) is 9.95. The Morgan fingerprint density at radius 1 is 1.00 bits per heavy atom. The third-order valence-corrected chi connectivity index (χ3v) is 6.97. The van der Waals surface area contributed by atoms with E-state index in [0.29, 0.717) is 22.0 Å². The van der Waals surface area contributed by atoms with Crippen LogP contribution < -0.4 is 4.90 Å². The highest BCUT2D eigenvalue weighted by Gasteiger charge is 2.33. The van der Waals surface area contributed by atoms with Crippen LogP contribution in [-0.2, 0) is 10.0 Å². The van der Waals surface area contributed by atoms with Crippen LogP contribution >= 0.6 is 11.6 Å². The molecule has 0 atom stereocenters. The van der Waals surface area contributed by atoms with Gasteiger partial charge in [-0.2, -0.15) is 8.42 Å². The first kappa shape index (κ1) is 22.9. The summed E-state index contributed by atoms with van der Waals surface area (Å²) in [6.45, 7) is 5.27. The minimum absolute atomic E-state index is 0.0909. The fourth-order valence-electron chi connectivity index (χ4n) is 3.79. The van der Waals surface area contributed by atoms with Gasteiger partial charge in [-0.15, -0.1) is 4.40 Å². The van der Waals surface area contributed by atoms with Gasteiger partial charge in [0.25, 0.3) is 10.0 Å². The number of aryl methyl sites for hydroxylation is 2. The highest BCUT2D eigenvalue weighted by molar-refractivity contribution is 7.90. The molecule has 4 rings (SSSR count). The summed E-state index contributed by atoms with van der Waals surface area (Å²) >= 11 is 6.18. The van der Waals surface area contributed by atoms with Crippen LogP contribution in [0.3, 0.4) is 0 Å². The van der Waals surface area contributed by atoms with Crippen molar-refractivity contribution < 1.29 is 13.2 Å². The minimum atomic E-state index is -4.01. The maximum atomic E-state index is 13.2. The molecule has 3 aromatic carbocycles. The molecule has 1 aliphatic rings. The molecule has 0 N–H and O–H groups in total. The van der Waals surface area contributed by atoms with Crippen LogP contribution in [0, 0.1) is 13.8 Å². The molecule has 6 nitrogen and oxygen atoms in total. The number of Topliss-reactive ketones (excluding diaryl/α,β-unsaturated/α-hetero) is 1. The van der Waals surface area contributed by atoms with Gasteiger partial charge in [-0.05, 0) is 56.7 Å². The van der Waals surface area contributed by atoms with E-state index >= 15 is 0 Å². The summed E-state index contributed by atoms with van der Waals surface area (Å²) in [7, 11) is -2.26. The van der Waals surface area contributed by atoms with Crippen molar-refractivity contribution in [2.24, 2.45) is 9.39 Å². The number of halogens is 1. The molecule has 168 valence electrons. The summed E-state index contributed by atoms with van der Waals surface area (Å²) in [6, 6.07) is 17.0. The van der Waals surface area contributed by atoms with E-state index in [-0.39, 0.29) is 16.5 Å². The number of rotatable bonds is 4. The summed E-state index contributed by atoms with van der Waals surface area (Å²) in [5.41, 5.74) is 4.52. The summed E-state index contributed by atoms with van der Waals surface area (Å²) in [4.78, 5) is 18.7. The average Bonchev–Trinajstić information content (AvgIpc) is 3.00. The van der Waals surface area contributed by atoms with Gasteiger partial charge in [0.05, 0.1) is 16.3 Å². The van der Waals surface area contributed by atoms with E-state index in [1.807, 2.05) is 32.0 Å². The van der Waals surface area contributed by atoms with Crippen molar-refractivity contribution in [1.29, 1.82) is 0 Å². The van der Waals surface area contributed by atoms with E-state index < -0.39 is 10.0 Å². The quantitative estimate of drug-likeness (QED) is 0.461. The average molecular weight is 480 g/mol. The monoisotopic (exact) mass is 479 g/mol. The Hall–Kier alpha value is -3.29. The lowest BCUT2D eigenvalue weighted by molar-refractivity contribution is 0.101. The third-order valence-electron chi connectivity index (χ3n) is 5.45. The van der Waals surface area contributed by atoms with Crippen LogP contribution in [0.25, 0.3) is 0 Å². The fraction of sp³-hybridized carbons (Fsp3) is 0.160. The first-order valence-electron chi connectivity index (χ1n) is 10.2. The molecule has 0 spiro atoms. The van der Waals surface area contributed by atoms with Crippen LogP contribution in [0.2, 0.25) is 5.02 Å². The third kappa shape index (κ3) is 4.34. The molecule has 1 heterocycles. The van der Waals surface area contributed by atoms with Gasteiger partial charge in [0, 0.05) is 23.2 Å². The molecule has 0 bridgehead atoms. The van der Waals surface area contributed by atoms with Gasteiger partial charge in [-0.1, -0.05) is 47.5 Å². The lowest BCUT2D eigenvalue weighted by Gasteiger charge is -2.15. The molecule has 0 saturated carbocycles. The molecule has 8 heteroatoms. The second kappa shape index (κ2) is 8.57. The van der Waals surface area contributed by atoms with Crippen molar-refractivity contribution in [2.75, 3.05) is 11.9 Å². The van der Waals surface area contributed by atoms with Crippen LogP contribution in [0.5, 0.6) is 0 Å². The Labute approximate surface area is 198 Å². The van der Waals surface area contributed by atoms with Crippen molar-refractivity contribution in [3.05, 3.63) is 87.9 Å². The highest BCUT2D eigenvalue weighted by atomic mass is 35.5. The molecule has 0 radical (unpaired) electrons. The molecule has 0 saturated heterocycles. The Balaban J connectivity index is 1.97. The zero-order valence-electron chi connectivity index (χ0n) is 18.6. The SMILES string of the molecule is CC(=O)c1ccc(Cl)cc1/N=C1\C(=N\S(=O)(=O)c2ccc(C)cc2)N(C)c2c(C)cccc21. The van der Waals surface area contributed by atoms with E-state index in [1.165, 1.54) is 19.1 Å². The molecule has 0 amide bonds. The molecule has 0 fully saturated rings. The Morgan fingerprint density at radius 2 is 1.70 bits per heavy atom. The van der Waals surface area contributed by atoms with Gasteiger partial charge in [-0.25, -0.2) is 4.99 Å². The number of anilines is 1. The smallest absolute Gasteiger partial charge is 0.284 e. The lowest BCUT2D eigenvalue weighted by atomic mass is 10.1. The van der Waals surface area contributed by atoms with Crippen molar-refractivity contribution >= 4 is 50.3 Å². The first-order chi connectivity index (χ1) is 15.6. The van der Waals surface area contributed by atoms with Gasteiger partial charge in [0.15, 0.2) is 11.6 Å². The van der Waals surface area contributed by atoms with Crippen LogP contribution in [-0.4, -0.2) is 32.8 Å². The maximum Gasteiger partial charge on any atom is 0.284 e. The van der Waals surface area contributed by atoms with E-state index in [1.54, 1.807) is 42.3 Å². The first-order valence-corrected chi connectivity index (χ1v) is 12.0.